The molecule has 166 valence electrons. The van der Waals surface area contributed by atoms with Crippen molar-refractivity contribution in [2.45, 2.75) is 32.3 Å². The van der Waals surface area contributed by atoms with Gasteiger partial charge in [-0.15, -0.1) is 0 Å². The maximum atomic E-state index is 6.01. The molecule has 1 N–H and O–H groups in total. The second kappa shape index (κ2) is 11.7. The molecule has 0 aliphatic carbocycles. The predicted octanol–water partition coefficient (Wildman–Crippen LogP) is 5.90. The average Bonchev–Trinajstić information content (AvgIpc) is 2.86. The van der Waals surface area contributed by atoms with E-state index in [0.29, 0.717) is 6.61 Å². The van der Waals surface area contributed by atoms with Crippen LogP contribution in [0.2, 0.25) is 0 Å². The van der Waals surface area contributed by atoms with Crippen molar-refractivity contribution in [3.63, 3.8) is 0 Å². The number of allylic oxidation sites excluding steroid dienone is 1. The van der Waals surface area contributed by atoms with Crippen LogP contribution in [0.25, 0.3) is 5.57 Å². The lowest BCUT2D eigenvalue weighted by molar-refractivity contribution is 0.0159. The first-order valence-electron chi connectivity index (χ1n) is 11.7. The van der Waals surface area contributed by atoms with Gasteiger partial charge in [-0.2, -0.15) is 0 Å². The normalized spacial score (nSPS) is 17.0. The predicted molar refractivity (Wildman–Crippen MR) is 132 cm³/mol. The molecule has 0 spiro atoms. The molecular weight excluding hydrogens is 394 g/mol. The first-order chi connectivity index (χ1) is 15.8. The first-order valence-corrected chi connectivity index (χ1v) is 11.7. The SMILES string of the molecule is CCC(Cc1ccccc1)=C(c1ccccc1)c1ccc(OCCC2CNCCO2)cc1. The Bertz CT molecular complexity index is 975. The van der Waals surface area contributed by atoms with Crippen LogP contribution < -0.4 is 10.1 Å². The van der Waals surface area contributed by atoms with Gasteiger partial charge in [0, 0.05) is 19.5 Å². The van der Waals surface area contributed by atoms with Crippen LogP contribution in [0.5, 0.6) is 5.75 Å². The molecule has 1 aliphatic heterocycles. The fraction of sp³-hybridized carbons (Fsp3) is 0.310. The highest BCUT2D eigenvalue weighted by Crippen LogP contribution is 2.31. The summed E-state index contributed by atoms with van der Waals surface area (Å²) < 4.78 is 11.8. The van der Waals surface area contributed by atoms with Crippen LogP contribution in [-0.2, 0) is 11.2 Å². The van der Waals surface area contributed by atoms with Gasteiger partial charge in [-0.25, -0.2) is 0 Å². The van der Waals surface area contributed by atoms with Gasteiger partial charge in [-0.05, 0) is 47.2 Å². The second-order valence-electron chi connectivity index (χ2n) is 8.22. The van der Waals surface area contributed by atoms with E-state index >= 15 is 0 Å². The lowest BCUT2D eigenvalue weighted by atomic mass is 9.88. The Kier molecular flexibility index (Phi) is 8.13. The molecule has 4 rings (SSSR count). The summed E-state index contributed by atoms with van der Waals surface area (Å²) in [6.45, 7) is 5.56. The van der Waals surface area contributed by atoms with Crippen molar-refractivity contribution in [1.29, 1.82) is 0 Å². The molecule has 1 unspecified atom stereocenters. The Balaban J connectivity index is 1.53. The monoisotopic (exact) mass is 427 g/mol. The summed E-state index contributed by atoms with van der Waals surface area (Å²) in [5.41, 5.74) is 6.60. The van der Waals surface area contributed by atoms with Gasteiger partial charge < -0.3 is 14.8 Å². The summed E-state index contributed by atoms with van der Waals surface area (Å²) in [5.74, 6) is 0.908. The molecule has 1 aliphatic rings. The second-order valence-corrected chi connectivity index (χ2v) is 8.22. The molecule has 32 heavy (non-hydrogen) atoms. The van der Waals surface area contributed by atoms with Crippen LogP contribution in [0.4, 0.5) is 0 Å². The fourth-order valence-electron chi connectivity index (χ4n) is 4.24. The molecule has 1 heterocycles. The third kappa shape index (κ3) is 6.09. The van der Waals surface area contributed by atoms with Gasteiger partial charge in [0.15, 0.2) is 0 Å². The highest BCUT2D eigenvalue weighted by atomic mass is 16.5. The molecule has 0 radical (unpaired) electrons. The van der Waals surface area contributed by atoms with Crippen LogP contribution in [0.1, 0.15) is 36.5 Å². The molecule has 1 fully saturated rings. The van der Waals surface area contributed by atoms with Crippen molar-refractivity contribution in [2.75, 3.05) is 26.3 Å². The average molecular weight is 428 g/mol. The number of ether oxygens (including phenoxy) is 2. The third-order valence-electron chi connectivity index (χ3n) is 5.96. The summed E-state index contributed by atoms with van der Waals surface area (Å²) in [7, 11) is 0. The van der Waals surface area contributed by atoms with Crippen molar-refractivity contribution in [3.05, 3.63) is 107 Å². The smallest absolute Gasteiger partial charge is 0.119 e. The standard InChI is InChI=1S/C29H33NO2/c1-2-24(21-23-9-5-3-6-10-23)29(25-11-7-4-8-12-25)26-13-15-27(16-14-26)31-19-17-28-22-30-18-20-32-28/h3-16,28,30H,2,17-22H2,1H3. The fourth-order valence-corrected chi connectivity index (χ4v) is 4.24. The van der Waals surface area contributed by atoms with E-state index in [2.05, 4.69) is 97.2 Å². The minimum atomic E-state index is 0.251. The Hall–Kier alpha value is -2.88. The molecule has 0 amide bonds. The molecule has 0 aromatic heterocycles. The van der Waals surface area contributed by atoms with Crippen molar-refractivity contribution in [2.24, 2.45) is 0 Å². The number of rotatable bonds is 9. The maximum absolute atomic E-state index is 6.01. The molecular formula is C29H33NO2. The van der Waals surface area contributed by atoms with E-state index in [9.17, 15) is 0 Å². The summed E-state index contributed by atoms with van der Waals surface area (Å²) in [4.78, 5) is 0. The van der Waals surface area contributed by atoms with Crippen molar-refractivity contribution in [3.8, 4) is 5.75 Å². The molecule has 3 heteroatoms. The molecule has 1 atom stereocenters. The van der Waals surface area contributed by atoms with Crippen LogP contribution in [0, 0.1) is 0 Å². The van der Waals surface area contributed by atoms with E-state index in [1.807, 2.05) is 0 Å². The first kappa shape index (κ1) is 22.3. The summed E-state index contributed by atoms with van der Waals surface area (Å²) in [6, 6.07) is 30.0. The Morgan fingerprint density at radius 2 is 1.59 bits per heavy atom. The van der Waals surface area contributed by atoms with Gasteiger partial charge in [-0.3, -0.25) is 0 Å². The largest absolute Gasteiger partial charge is 0.493 e. The highest BCUT2D eigenvalue weighted by Gasteiger charge is 2.14. The molecule has 0 bridgehead atoms. The third-order valence-corrected chi connectivity index (χ3v) is 5.96. The minimum absolute atomic E-state index is 0.251. The van der Waals surface area contributed by atoms with Crippen LogP contribution in [-0.4, -0.2) is 32.4 Å². The van der Waals surface area contributed by atoms with Gasteiger partial charge in [-0.1, -0.05) is 85.3 Å². The van der Waals surface area contributed by atoms with E-state index in [-0.39, 0.29) is 6.10 Å². The lowest BCUT2D eigenvalue weighted by Gasteiger charge is -2.23. The van der Waals surface area contributed by atoms with Crippen LogP contribution in [0.3, 0.4) is 0 Å². The van der Waals surface area contributed by atoms with E-state index < -0.39 is 0 Å². The Labute approximate surface area is 192 Å². The van der Waals surface area contributed by atoms with Crippen LogP contribution >= 0.6 is 0 Å². The number of benzene rings is 3. The molecule has 3 aromatic carbocycles. The molecule has 3 nitrogen and oxygen atoms in total. The highest BCUT2D eigenvalue weighted by molar-refractivity contribution is 5.82. The lowest BCUT2D eigenvalue weighted by Crippen LogP contribution is -2.39. The van der Waals surface area contributed by atoms with Gasteiger partial charge in [0.2, 0.25) is 0 Å². The summed E-state index contributed by atoms with van der Waals surface area (Å²) in [5, 5.41) is 3.37. The van der Waals surface area contributed by atoms with Crippen LogP contribution in [0.15, 0.2) is 90.5 Å². The number of nitrogens with one attached hydrogen (secondary N) is 1. The zero-order valence-electron chi connectivity index (χ0n) is 18.9. The Morgan fingerprint density at radius 3 is 2.25 bits per heavy atom. The Morgan fingerprint density at radius 1 is 0.906 bits per heavy atom. The van der Waals surface area contributed by atoms with E-state index in [4.69, 9.17) is 9.47 Å². The summed E-state index contributed by atoms with van der Waals surface area (Å²) in [6.07, 6.45) is 3.11. The molecule has 0 saturated carbocycles. The number of morpholine rings is 1. The van der Waals surface area contributed by atoms with Crippen molar-refractivity contribution < 1.29 is 9.47 Å². The van der Waals surface area contributed by atoms with E-state index in [1.165, 1.54) is 27.8 Å². The van der Waals surface area contributed by atoms with Gasteiger partial charge >= 0.3 is 0 Å². The summed E-state index contributed by atoms with van der Waals surface area (Å²) >= 11 is 0. The van der Waals surface area contributed by atoms with Gasteiger partial charge in [0.05, 0.1) is 19.3 Å². The van der Waals surface area contributed by atoms with E-state index in [1.54, 1.807) is 0 Å². The van der Waals surface area contributed by atoms with Gasteiger partial charge in [0.1, 0.15) is 5.75 Å². The van der Waals surface area contributed by atoms with Gasteiger partial charge in [0.25, 0.3) is 0 Å². The van der Waals surface area contributed by atoms with E-state index in [0.717, 1.165) is 44.7 Å². The zero-order valence-corrected chi connectivity index (χ0v) is 18.9. The maximum Gasteiger partial charge on any atom is 0.119 e. The minimum Gasteiger partial charge on any atom is -0.493 e. The number of hydrogen-bond donors (Lipinski definition) is 1. The number of hydrogen-bond acceptors (Lipinski definition) is 3. The van der Waals surface area contributed by atoms with Crippen molar-refractivity contribution >= 4 is 5.57 Å². The topological polar surface area (TPSA) is 30.5 Å². The quantitative estimate of drug-likeness (QED) is 0.461. The zero-order chi connectivity index (χ0) is 22.0. The van der Waals surface area contributed by atoms with Crippen molar-refractivity contribution in [1.82, 2.24) is 5.32 Å². The molecule has 1 saturated heterocycles. The molecule has 3 aromatic rings.